The van der Waals surface area contributed by atoms with Crippen molar-refractivity contribution < 1.29 is 27.1 Å². The third-order valence-corrected chi connectivity index (χ3v) is 6.47. The number of carbonyl (C=O) groups excluding carboxylic acids is 1. The highest BCUT2D eigenvalue weighted by Crippen LogP contribution is 2.40. The predicted octanol–water partition coefficient (Wildman–Crippen LogP) is 4.72. The number of aromatic nitrogens is 2. The number of fused-ring (bicyclic) bond motifs is 4. The fourth-order valence-electron chi connectivity index (χ4n) is 4.79. The number of nitrogen functional groups attached to an aromatic ring is 1. The summed E-state index contributed by atoms with van der Waals surface area (Å²) in [5.41, 5.74) is 7.59. The van der Waals surface area contributed by atoms with Gasteiger partial charge < -0.3 is 15.4 Å². The summed E-state index contributed by atoms with van der Waals surface area (Å²) in [6, 6.07) is 4.39. The molecule has 0 saturated heterocycles. The number of ether oxygens (including phenoxy) is 1. The normalized spacial score (nSPS) is 19.6. The molecule has 0 radical (unpaired) electrons. The molecule has 1 aliphatic heterocycles. The number of halogens is 4. The molecule has 5 rings (SSSR count). The van der Waals surface area contributed by atoms with E-state index in [0.29, 0.717) is 35.0 Å². The molecule has 2 N–H and O–H groups in total. The average molecular weight is 460 g/mol. The Bertz CT molecular complexity index is 1310. The van der Waals surface area contributed by atoms with Crippen LogP contribution >= 0.6 is 0 Å². The predicted molar refractivity (Wildman–Crippen MR) is 112 cm³/mol. The van der Waals surface area contributed by atoms with Gasteiger partial charge in [0, 0.05) is 29.8 Å². The standard InChI is InChI=1S/C23H20F4N4O2/c1-10-20-14(9-33-10)12-7-13(15(24)8-17(12)30-21(20)28)22(32)31(2)18-5-4-16-11(18)3-6-19(29-16)23(25,26)27/h3,6-8,10,18H,4-5,9H2,1-2H3,(H2,28,30)/t10-,18-/m1/s1. The minimum absolute atomic E-state index is 0.147. The first kappa shape index (κ1) is 21.6. The number of alkyl halides is 3. The molecule has 3 heterocycles. The number of amides is 1. The minimum atomic E-state index is -4.54. The molecule has 1 aliphatic carbocycles. The summed E-state index contributed by atoms with van der Waals surface area (Å²) in [4.78, 5) is 22.6. The Morgan fingerprint density at radius 2 is 2.00 bits per heavy atom. The van der Waals surface area contributed by atoms with Gasteiger partial charge >= 0.3 is 6.18 Å². The number of aryl methyl sites for hydroxylation is 1. The van der Waals surface area contributed by atoms with Crippen LogP contribution < -0.4 is 5.73 Å². The Kier molecular flexibility index (Phi) is 4.82. The largest absolute Gasteiger partial charge is 0.433 e. The first-order valence-corrected chi connectivity index (χ1v) is 10.4. The van der Waals surface area contributed by atoms with Crippen LogP contribution in [0.3, 0.4) is 0 Å². The molecule has 1 amide bonds. The summed E-state index contributed by atoms with van der Waals surface area (Å²) >= 11 is 0. The van der Waals surface area contributed by atoms with Gasteiger partial charge in [-0.15, -0.1) is 0 Å². The molecule has 0 fully saturated rings. The number of benzene rings is 1. The quantitative estimate of drug-likeness (QED) is 0.560. The van der Waals surface area contributed by atoms with Crippen molar-refractivity contribution in [1.82, 2.24) is 14.9 Å². The molecule has 3 aromatic rings. The highest BCUT2D eigenvalue weighted by Gasteiger charge is 2.37. The van der Waals surface area contributed by atoms with Gasteiger partial charge in [0.15, 0.2) is 0 Å². The number of hydrogen-bond donors (Lipinski definition) is 1. The van der Waals surface area contributed by atoms with Crippen LogP contribution in [0.5, 0.6) is 0 Å². The number of pyridine rings is 2. The zero-order valence-electron chi connectivity index (χ0n) is 17.8. The molecule has 2 aliphatic rings. The first-order valence-electron chi connectivity index (χ1n) is 10.4. The van der Waals surface area contributed by atoms with Gasteiger partial charge in [-0.3, -0.25) is 4.79 Å². The Morgan fingerprint density at radius 1 is 1.24 bits per heavy atom. The lowest BCUT2D eigenvalue weighted by atomic mass is 9.99. The third-order valence-electron chi connectivity index (χ3n) is 6.47. The second-order valence-electron chi connectivity index (χ2n) is 8.39. The summed E-state index contributed by atoms with van der Waals surface area (Å²) < 4.78 is 59.6. The van der Waals surface area contributed by atoms with Crippen LogP contribution in [-0.2, 0) is 23.9 Å². The van der Waals surface area contributed by atoms with Crippen LogP contribution in [0.4, 0.5) is 23.4 Å². The van der Waals surface area contributed by atoms with E-state index in [1.165, 1.54) is 30.1 Å². The van der Waals surface area contributed by atoms with Crippen LogP contribution in [0, 0.1) is 5.82 Å². The number of rotatable bonds is 2. The van der Waals surface area contributed by atoms with Crippen molar-refractivity contribution in [3.05, 3.63) is 63.7 Å². The van der Waals surface area contributed by atoms with E-state index in [1.54, 1.807) is 0 Å². The van der Waals surface area contributed by atoms with E-state index in [2.05, 4.69) is 9.97 Å². The fourth-order valence-corrected chi connectivity index (χ4v) is 4.79. The lowest BCUT2D eigenvalue weighted by Gasteiger charge is -2.26. The Morgan fingerprint density at radius 3 is 2.73 bits per heavy atom. The number of anilines is 1. The van der Waals surface area contributed by atoms with E-state index >= 15 is 0 Å². The van der Waals surface area contributed by atoms with E-state index < -0.39 is 29.6 Å². The van der Waals surface area contributed by atoms with Crippen LogP contribution in [-0.4, -0.2) is 27.8 Å². The molecule has 10 heteroatoms. The Labute approximate surface area is 186 Å². The summed E-state index contributed by atoms with van der Waals surface area (Å²) in [6.07, 6.45) is -4.09. The molecule has 0 saturated carbocycles. The molecule has 0 unspecified atom stereocenters. The van der Waals surface area contributed by atoms with Crippen molar-refractivity contribution in [2.45, 2.75) is 44.7 Å². The molecule has 33 heavy (non-hydrogen) atoms. The van der Waals surface area contributed by atoms with Crippen LogP contribution in [0.25, 0.3) is 10.9 Å². The second-order valence-corrected chi connectivity index (χ2v) is 8.39. The van der Waals surface area contributed by atoms with Crippen LogP contribution in [0.2, 0.25) is 0 Å². The maximum Gasteiger partial charge on any atom is 0.433 e. The summed E-state index contributed by atoms with van der Waals surface area (Å²) in [5.74, 6) is -1.06. The van der Waals surface area contributed by atoms with Crippen molar-refractivity contribution in [3.63, 3.8) is 0 Å². The van der Waals surface area contributed by atoms with Gasteiger partial charge in [0.1, 0.15) is 17.3 Å². The summed E-state index contributed by atoms with van der Waals surface area (Å²) in [5, 5.41) is 0.588. The van der Waals surface area contributed by atoms with Gasteiger partial charge in [0.2, 0.25) is 0 Å². The minimum Gasteiger partial charge on any atom is -0.383 e. The van der Waals surface area contributed by atoms with Crippen molar-refractivity contribution in [1.29, 1.82) is 0 Å². The zero-order valence-corrected chi connectivity index (χ0v) is 17.8. The molecular formula is C23H20F4N4O2. The molecular weight excluding hydrogens is 440 g/mol. The van der Waals surface area contributed by atoms with Crippen molar-refractivity contribution >= 4 is 22.6 Å². The van der Waals surface area contributed by atoms with E-state index in [-0.39, 0.29) is 24.1 Å². The SMILES string of the molecule is C[C@H]1OCc2c1c(N)nc1cc(F)c(C(=O)N(C)[C@@H]3CCc4nc(C(F)(F)F)ccc43)cc21. The van der Waals surface area contributed by atoms with E-state index in [9.17, 15) is 22.4 Å². The number of nitrogens with zero attached hydrogens (tertiary/aromatic N) is 3. The average Bonchev–Trinajstić information content (AvgIpc) is 3.35. The highest BCUT2D eigenvalue weighted by molar-refractivity contribution is 5.99. The number of carbonyl (C=O) groups is 1. The van der Waals surface area contributed by atoms with E-state index in [1.807, 2.05) is 6.92 Å². The maximum atomic E-state index is 15.0. The van der Waals surface area contributed by atoms with Gasteiger partial charge in [-0.05, 0) is 43.0 Å². The number of hydrogen-bond acceptors (Lipinski definition) is 5. The molecule has 1 aromatic carbocycles. The molecule has 2 atom stereocenters. The molecule has 2 aromatic heterocycles. The highest BCUT2D eigenvalue weighted by atomic mass is 19.4. The molecule has 172 valence electrons. The van der Waals surface area contributed by atoms with Crippen LogP contribution in [0.15, 0.2) is 24.3 Å². The lowest BCUT2D eigenvalue weighted by Crippen LogP contribution is -2.31. The second kappa shape index (κ2) is 7.38. The van der Waals surface area contributed by atoms with Gasteiger partial charge in [0.05, 0.1) is 29.8 Å². The van der Waals surface area contributed by atoms with E-state index in [4.69, 9.17) is 10.5 Å². The zero-order chi connectivity index (χ0) is 23.7. The molecule has 6 nitrogen and oxygen atoms in total. The summed E-state index contributed by atoms with van der Waals surface area (Å²) in [7, 11) is 1.51. The van der Waals surface area contributed by atoms with E-state index in [0.717, 1.165) is 17.2 Å². The van der Waals surface area contributed by atoms with Gasteiger partial charge in [-0.1, -0.05) is 6.07 Å². The van der Waals surface area contributed by atoms with Crippen molar-refractivity contribution in [2.75, 3.05) is 12.8 Å². The topological polar surface area (TPSA) is 81.3 Å². The maximum absolute atomic E-state index is 15.0. The molecule has 0 bridgehead atoms. The Hall–Kier alpha value is -3.27. The summed E-state index contributed by atoms with van der Waals surface area (Å²) in [6.45, 7) is 2.12. The van der Waals surface area contributed by atoms with Gasteiger partial charge in [-0.25, -0.2) is 14.4 Å². The van der Waals surface area contributed by atoms with Gasteiger partial charge in [-0.2, -0.15) is 13.2 Å². The lowest BCUT2D eigenvalue weighted by molar-refractivity contribution is -0.141. The van der Waals surface area contributed by atoms with Crippen molar-refractivity contribution in [2.24, 2.45) is 0 Å². The van der Waals surface area contributed by atoms with Crippen molar-refractivity contribution in [3.8, 4) is 0 Å². The molecule has 0 spiro atoms. The fraction of sp³-hybridized carbons (Fsp3) is 0.348. The van der Waals surface area contributed by atoms with Gasteiger partial charge in [0.25, 0.3) is 5.91 Å². The van der Waals surface area contributed by atoms with Crippen LogP contribution in [0.1, 0.15) is 63.9 Å². The monoisotopic (exact) mass is 460 g/mol. The Balaban J connectivity index is 1.51. The number of nitrogens with two attached hydrogens (primary N) is 1. The smallest absolute Gasteiger partial charge is 0.383 e. The first-order chi connectivity index (χ1) is 15.6. The third kappa shape index (κ3) is 3.40.